The number of aliphatic imine (C=N–C) groups is 1. The number of para-hydroxylation sites is 2. The molecule has 0 amide bonds. The zero-order chi connectivity index (χ0) is 18.6. The molecule has 2 heterocycles. The summed E-state index contributed by atoms with van der Waals surface area (Å²) in [5, 5.41) is 0. The molecule has 3 aromatic rings. The predicted octanol–water partition coefficient (Wildman–Crippen LogP) is 3.93. The van der Waals surface area contributed by atoms with Gasteiger partial charge in [0.15, 0.2) is 0 Å². The molecule has 0 fully saturated rings. The van der Waals surface area contributed by atoms with Crippen molar-refractivity contribution >= 4 is 23.3 Å². The largest absolute Gasteiger partial charge is 0.466 e. The summed E-state index contributed by atoms with van der Waals surface area (Å²) >= 11 is 0. The van der Waals surface area contributed by atoms with Crippen molar-refractivity contribution in [3.05, 3.63) is 78.9 Å². The SMILES string of the molecule is CCOC(=O)CC1c2ccccc2N=C(n2ccnc2)N1c1ccccc1. The van der Waals surface area contributed by atoms with Crippen molar-refractivity contribution in [3.63, 3.8) is 0 Å². The summed E-state index contributed by atoms with van der Waals surface area (Å²) in [4.78, 5) is 23.5. The molecule has 0 radical (unpaired) electrons. The van der Waals surface area contributed by atoms with Crippen LogP contribution in [0.2, 0.25) is 0 Å². The topological polar surface area (TPSA) is 59.7 Å². The maximum absolute atomic E-state index is 12.4. The molecule has 0 N–H and O–H groups in total. The van der Waals surface area contributed by atoms with Gasteiger partial charge in [-0.3, -0.25) is 9.36 Å². The van der Waals surface area contributed by atoms with Crippen molar-refractivity contribution in [3.8, 4) is 0 Å². The normalized spacial score (nSPS) is 15.8. The molecule has 1 aliphatic heterocycles. The van der Waals surface area contributed by atoms with E-state index in [9.17, 15) is 4.79 Å². The van der Waals surface area contributed by atoms with Gasteiger partial charge in [-0.05, 0) is 25.1 Å². The summed E-state index contributed by atoms with van der Waals surface area (Å²) in [6, 6.07) is 17.6. The zero-order valence-electron chi connectivity index (χ0n) is 15.0. The van der Waals surface area contributed by atoms with Crippen LogP contribution >= 0.6 is 0 Å². The monoisotopic (exact) mass is 360 g/mol. The molecule has 1 aromatic heterocycles. The van der Waals surface area contributed by atoms with Crippen molar-refractivity contribution in [1.82, 2.24) is 9.55 Å². The first-order valence-corrected chi connectivity index (χ1v) is 8.93. The van der Waals surface area contributed by atoms with E-state index in [1.54, 1.807) is 12.5 Å². The Morgan fingerprint density at radius 2 is 1.89 bits per heavy atom. The smallest absolute Gasteiger partial charge is 0.308 e. The Bertz CT molecular complexity index is 951. The highest BCUT2D eigenvalue weighted by Gasteiger charge is 2.33. The van der Waals surface area contributed by atoms with Crippen LogP contribution in [0.3, 0.4) is 0 Å². The fourth-order valence-corrected chi connectivity index (χ4v) is 3.33. The third-order valence-corrected chi connectivity index (χ3v) is 4.48. The van der Waals surface area contributed by atoms with Crippen LogP contribution < -0.4 is 4.90 Å². The molecule has 0 spiro atoms. The second-order valence-electron chi connectivity index (χ2n) is 6.17. The first-order chi connectivity index (χ1) is 13.3. The number of anilines is 1. The Morgan fingerprint density at radius 1 is 1.11 bits per heavy atom. The van der Waals surface area contributed by atoms with Crippen LogP contribution in [0.15, 0.2) is 78.3 Å². The van der Waals surface area contributed by atoms with Crippen molar-refractivity contribution in [1.29, 1.82) is 0 Å². The number of carbonyl (C=O) groups excluding carboxylic acids is 1. The molecule has 0 saturated carbocycles. The number of aromatic nitrogens is 2. The number of rotatable bonds is 4. The number of hydrogen-bond acceptors (Lipinski definition) is 5. The molecular formula is C21H20N4O2. The summed E-state index contributed by atoms with van der Waals surface area (Å²) in [5.41, 5.74) is 2.80. The van der Waals surface area contributed by atoms with E-state index in [0.29, 0.717) is 12.6 Å². The Labute approximate surface area is 157 Å². The third kappa shape index (κ3) is 3.33. The Balaban J connectivity index is 1.87. The number of esters is 1. The summed E-state index contributed by atoms with van der Waals surface area (Å²) < 4.78 is 7.11. The molecule has 0 aliphatic carbocycles. The van der Waals surface area contributed by atoms with Gasteiger partial charge in [-0.15, -0.1) is 0 Å². The van der Waals surface area contributed by atoms with Crippen LogP contribution in [0.5, 0.6) is 0 Å². The van der Waals surface area contributed by atoms with Gasteiger partial charge < -0.3 is 9.64 Å². The first-order valence-electron chi connectivity index (χ1n) is 8.93. The molecule has 6 heteroatoms. The minimum absolute atomic E-state index is 0.224. The van der Waals surface area contributed by atoms with E-state index < -0.39 is 0 Å². The van der Waals surface area contributed by atoms with Crippen molar-refractivity contribution in [2.24, 2.45) is 4.99 Å². The van der Waals surface area contributed by atoms with Crippen LogP contribution in [-0.2, 0) is 9.53 Å². The highest BCUT2D eigenvalue weighted by atomic mass is 16.5. The number of fused-ring (bicyclic) bond motifs is 1. The number of carbonyl (C=O) groups is 1. The lowest BCUT2D eigenvalue weighted by atomic mass is 9.97. The van der Waals surface area contributed by atoms with Crippen LogP contribution in [0.4, 0.5) is 11.4 Å². The lowest BCUT2D eigenvalue weighted by Crippen LogP contribution is -2.42. The van der Waals surface area contributed by atoms with Crippen LogP contribution in [0.25, 0.3) is 0 Å². The summed E-state index contributed by atoms with van der Waals surface area (Å²) in [6.45, 7) is 2.18. The van der Waals surface area contributed by atoms with Gasteiger partial charge in [0.25, 0.3) is 0 Å². The van der Waals surface area contributed by atoms with E-state index in [1.165, 1.54) is 0 Å². The van der Waals surface area contributed by atoms with Gasteiger partial charge >= 0.3 is 5.97 Å². The minimum Gasteiger partial charge on any atom is -0.466 e. The van der Waals surface area contributed by atoms with Gasteiger partial charge in [0.05, 0.1) is 24.8 Å². The Morgan fingerprint density at radius 3 is 2.63 bits per heavy atom. The number of imidazole rings is 1. The van der Waals surface area contributed by atoms with E-state index in [4.69, 9.17) is 9.73 Å². The highest BCUT2D eigenvalue weighted by molar-refractivity contribution is 6.02. The molecule has 1 atom stereocenters. The van der Waals surface area contributed by atoms with E-state index in [1.807, 2.05) is 72.3 Å². The Kier molecular flexibility index (Phi) is 4.70. The zero-order valence-corrected chi connectivity index (χ0v) is 15.0. The molecule has 4 rings (SSSR count). The van der Waals surface area contributed by atoms with Crippen molar-refractivity contribution in [2.45, 2.75) is 19.4 Å². The maximum Gasteiger partial charge on any atom is 0.308 e. The minimum atomic E-state index is -0.231. The molecular weight excluding hydrogens is 340 g/mol. The lowest BCUT2D eigenvalue weighted by molar-refractivity contribution is -0.143. The second kappa shape index (κ2) is 7.45. The van der Waals surface area contributed by atoms with Gasteiger partial charge in [0.2, 0.25) is 5.96 Å². The van der Waals surface area contributed by atoms with Crippen molar-refractivity contribution < 1.29 is 9.53 Å². The first kappa shape index (κ1) is 17.0. The number of nitrogens with zero attached hydrogens (tertiary/aromatic N) is 4. The molecule has 6 nitrogen and oxygen atoms in total. The molecule has 27 heavy (non-hydrogen) atoms. The molecule has 1 unspecified atom stereocenters. The summed E-state index contributed by atoms with van der Waals surface area (Å²) in [6.07, 6.45) is 5.51. The van der Waals surface area contributed by atoms with Gasteiger partial charge in [-0.25, -0.2) is 9.98 Å². The predicted molar refractivity (Wildman–Crippen MR) is 104 cm³/mol. The van der Waals surface area contributed by atoms with Crippen LogP contribution in [0, 0.1) is 0 Å². The third-order valence-electron chi connectivity index (χ3n) is 4.48. The fraction of sp³-hybridized carbons (Fsp3) is 0.190. The van der Waals surface area contributed by atoms with E-state index in [-0.39, 0.29) is 18.4 Å². The standard InChI is InChI=1S/C21H20N4O2/c1-2-27-20(26)14-19-17-10-6-7-11-18(17)23-21(24-13-12-22-15-24)25(19)16-8-4-3-5-9-16/h3-13,15,19H,2,14H2,1H3. The van der Waals surface area contributed by atoms with E-state index in [2.05, 4.69) is 9.88 Å². The van der Waals surface area contributed by atoms with Crippen molar-refractivity contribution in [2.75, 3.05) is 11.5 Å². The number of hydrogen-bond donors (Lipinski definition) is 0. The summed E-state index contributed by atoms with van der Waals surface area (Å²) in [5.74, 6) is 0.469. The number of ether oxygens (including phenoxy) is 1. The average molecular weight is 360 g/mol. The molecule has 1 aliphatic rings. The van der Waals surface area contributed by atoms with Gasteiger partial charge in [-0.2, -0.15) is 0 Å². The molecule has 0 saturated heterocycles. The maximum atomic E-state index is 12.4. The van der Waals surface area contributed by atoms with Crippen LogP contribution in [-0.4, -0.2) is 28.1 Å². The van der Waals surface area contributed by atoms with E-state index in [0.717, 1.165) is 16.9 Å². The van der Waals surface area contributed by atoms with E-state index >= 15 is 0 Å². The Hall–Kier alpha value is -3.41. The van der Waals surface area contributed by atoms with Gasteiger partial charge in [0, 0.05) is 23.6 Å². The second-order valence-corrected chi connectivity index (χ2v) is 6.17. The molecule has 136 valence electrons. The molecule has 0 bridgehead atoms. The van der Waals surface area contributed by atoms with Crippen LogP contribution in [0.1, 0.15) is 24.9 Å². The van der Waals surface area contributed by atoms with Gasteiger partial charge in [-0.1, -0.05) is 36.4 Å². The molecule has 2 aromatic carbocycles. The van der Waals surface area contributed by atoms with Gasteiger partial charge in [0.1, 0.15) is 6.33 Å². The quantitative estimate of drug-likeness (QED) is 0.662. The number of benzene rings is 2. The average Bonchev–Trinajstić information content (AvgIpc) is 3.23. The fourth-order valence-electron chi connectivity index (χ4n) is 3.33. The highest BCUT2D eigenvalue weighted by Crippen LogP contribution is 2.40. The lowest BCUT2D eigenvalue weighted by Gasteiger charge is -2.37. The summed E-state index contributed by atoms with van der Waals surface area (Å²) in [7, 11) is 0.